The number of aliphatic hydroxyl groups is 1. The molecule has 0 amide bonds. The molecule has 0 saturated heterocycles. The maximum atomic E-state index is 8.97. The van der Waals surface area contributed by atoms with Crippen LogP contribution in [0.2, 0.25) is 0 Å². The van der Waals surface area contributed by atoms with Crippen LogP contribution in [0.25, 0.3) is 0 Å². The Hall–Kier alpha value is -0.160. The summed E-state index contributed by atoms with van der Waals surface area (Å²) < 4.78 is 10.8. The van der Waals surface area contributed by atoms with Crippen LogP contribution in [0, 0.1) is 5.92 Å². The van der Waals surface area contributed by atoms with Gasteiger partial charge in [0, 0.05) is 18.8 Å². The van der Waals surface area contributed by atoms with E-state index in [4.69, 9.17) is 20.3 Å². The zero-order chi connectivity index (χ0) is 13.1. The van der Waals surface area contributed by atoms with Crippen molar-refractivity contribution in [3.05, 3.63) is 0 Å². The van der Waals surface area contributed by atoms with Crippen LogP contribution in [0.4, 0.5) is 0 Å². The first-order valence-corrected chi connectivity index (χ1v) is 6.53. The number of unbranched alkanes of at least 4 members (excludes halogenated alkanes) is 1. The molecule has 17 heavy (non-hydrogen) atoms. The van der Waals surface area contributed by atoms with Gasteiger partial charge in [-0.15, -0.1) is 0 Å². The Balaban J connectivity index is 3.14. The summed E-state index contributed by atoms with van der Waals surface area (Å²) in [6, 6.07) is 0. The summed E-state index contributed by atoms with van der Waals surface area (Å²) in [6.07, 6.45) is 2.80. The van der Waals surface area contributed by atoms with Crippen molar-refractivity contribution in [1.82, 2.24) is 0 Å². The third kappa shape index (κ3) is 12.1. The molecule has 0 radical (unpaired) electrons. The SMILES string of the molecule is CC(C)COCCOCCCCC(C)(N)CO. The number of ether oxygens (including phenoxy) is 2. The van der Waals surface area contributed by atoms with Gasteiger partial charge >= 0.3 is 0 Å². The van der Waals surface area contributed by atoms with Crippen LogP contribution in [0.1, 0.15) is 40.0 Å². The van der Waals surface area contributed by atoms with Crippen LogP contribution in [0.5, 0.6) is 0 Å². The lowest BCUT2D eigenvalue weighted by Gasteiger charge is -2.21. The molecule has 0 aliphatic heterocycles. The fourth-order valence-corrected chi connectivity index (χ4v) is 1.35. The number of nitrogens with two attached hydrogens (primary N) is 1. The second-order valence-corrected chi connectivity index (χ2v) is 5.35. The predicted molar refractivity (Wildman–Crippen MR) is 70.0 cm³/mol. The zero-order valence-corrected chi connectivity index (χ0v) is 11.6. The molecule has 0 rings (SSSR count). The molecule has 4 nitrogen and oxygen atoms in total. The first kappa shape index (κ1) is 16.8. The van der Waals surface area contributed by atoms with E-state index in [1.54, 1.807) is 0 Å². The van der Waals surface area contributed by atoms with E-state index >= 15 is 0 Å². The summed E-state index contributed by atoms with van der Waals surface area (Å²) in [5.74, 6) is 0.579. The molecule has 1 unspecified atom stereocenters. The summed E-state index contributed by atoms with van der Waals surface area (Å²) in [7, 11) is 0. The Bertz CT molecular complexity index is 172. The highest BCUT2D eigenvalue weighted by molar-refractivity contribution is 4.76. The molecular weight excluding hydrogens is 218 g/mol. The van der Waals surface area contributed by atoms with E-state index in [9.17, 15) is 0 Å². The van der Waals surface area contributed by atoms with E-state index in [1.807, 2.05) is 6.92 Å². The molecule has 3 N–H and O–H groups in total. The Morgan fingerprint density at radius 3 is 2.35 bits per heavy atom. The van der Waals surface area contributed by atoms with Gasteiger partial charge < -0.3 is 20.3 Å². The van der Waals surface area contributed by atoms with Gasteiger partial charge in [0.15, 0.2) is 0 Å². The molecule has 0 aromatic rings. The highest BCUT2D eigenvalue weighted by Crippen LogP contribution is 2.09. The van der Waals surface area contributed by atoms with Gasteiger partial charge in [-0.25, -0.2) is 0 Å². The van der Waals surface area contributed by atoms with E-state index in [-0.39, 0.29) is 6.61 Å². The fourth-order valence-electron chi connectivity index (χ4n) is 1.35. The smallest absolute Gasteiger partial charge is 0.0700 e. The molecular formula is C13H29NO3. The minimum atomic E-state index is -0.444. The molecule has 104 valence electrons. The molecule has 0 aromatic heterocycles. The number of aliphatic hydroxyl groups excluding tert-OH is 1. The summed E-state index contributed by atoms with van der Waals surface area (Å²) >= 11 is 0. The van der Waals surface area contributed by atoms with Crippen LogP contribution in [0.3, 0.4) is 0 Å². The molecule has 0 heterocycles. The molecule has 0 fully saturated rings. The highest BCUT2D eigenvalue weighted by Gasteiger charge is 2.15. The van der Waals surface area contributed by atoms with Gasteiger partial charge in [0.25, 0.3) is 0 Å². The van der Waals surface area contributed by atoms with Crippen molar-refractivity contribution in [2.24, 2.45) is 11.7 Å². The third-order valence-corrected chi connectivity index (χ3v) is 2.47. The maximum absolute atomic E-state index is 8.97. The Morgan fingerprint density at radius 1 is 1.12 bits per heavy atom. The largest absolute Gasteiger partial charge is 0.394 e. The minimum absolute atomic E-state index is 0.0386. The Labute approximate surface area is 105 Å². The monoisotopic (exact) mass is 247 g/mol. The lowest BCUT2D eigenvalue weighted by molar-refractivity contribution is 0.0361. The van der Waals surface area contributed by atoms with Crippen molar-refractivity contribution in [2.45, 2.75) is 45.6 Å². The summed E-state index contributed by atoms with van der Waals surface area (Å²) in [6.45, 7) is 9.04. The van der Waals surface area contributed by atoms with Crippen molar-refractivity contribution in [2.75, 3.05) is 33.0 Å². The van der Waals surface area contributed by atoms with E-state index in [1.165, 1.54) is 0 Å². The lowest BCUT2D eigenvalue weighted by Crippen LogP contribution is -2.39. The van der Waals surface area contributed by atoms with E-state index in [0.717, 1.165) is 32.5 Å². The van der Waals surface area contributed by atoms with Crippen molar-refractivity contribution in [1.29, 1.82) is 0 Å². The molecule has 0 aliphatic carbocycles. The fraction of sp³-hybridized carbons (Fsp3) is 1.00. The second kappa shape index (κ2) is 9.83. The summed E-state index contributed by atoms with van der Waals surface area (Å²) in [5.41, 5.74) is 5.37. The molecule has 0 aliphatic rings. The van der Waals surface area contributed by atoms with Crippen LogP contribution in [0.15, 0.2) is 0 Å². The van der Waals surface area contributed by atoms with Gasteiger partial charge in [0.05, 0.1) is 19.8 Å². The Morgan fingerprint density at radius 2 is 1.76 bits per heavy atom. The molecule has 0 spiro atoms. The van der Waals surface area contributed by atoms with Crippen LogP contribution in [-0.4, -0.2) is 43.7 Å². The first-order valence-electron chi connectivity index (χ1n) is 6.53. The van der Waals surface area contributed by atoms with Crippen molar-refractivity contribution >= 4 is 0 Å². The van der Waals surface area contributed by atoms with E-state index in [0.29, 0.717) is 19.1 Å². The topological polar surface area (TPSA) is 64.7 Å². The standard InChI is InChI=1S/C13H29NO3/c1-12(2)10-17-9-8-16-7-5-4-6-13(3,14)11-15/h12,15H,4-11,14H2,1-3H3. The first-order chi connectivity index (χ1) is 7.98. The molecule has 1 atom stereocenters. The maximum Gasteiger partial charge on any atom is 0.0700 e. The highest BCUT2D eigenvalue weighted by atomic mass is 16.5. The van der Waals surface area contributed by atoms with Gasteiger partial charge in [-0.05, 0) is 32.1 Å². The molecule has 0 bridgehead atoms. The van der Waals surface area contributed by atoms with Gasteiger partial charge in [-0.2, -0.15) is 0 Å². The molecule has 0 aromatic carbocycles. The molecule has 0 saturated carbocycles. The van der Waals surface area contributed by atoms with Crippen molar-refractivity contribution in [3.8, 4) is 0 Å². The lowest BCUT2D eigenvalue weighted by atomic mass is 9.97. The average Bonchev–Trinajstić information content (AvgIpc) is 2.26. The van der Waals surface area contributed by atoms with Gasteiger partial charge in [0.2, 0.25) is 0 Å². The average molecular weight is 247 g/mol. The van der Waals surface area contributed by atoms with Gasteiger partial charge in [-0.3, -0.25) is 0 Å². The second-order valence-electron chi connectivity index (χ2n) is 5.35. The summed E-state index contributed by atoms with van der Waals surface area (Å²) in [4.78, 5) is 0. The zero-order valence-electron chi connectivity index (χ0n) is 11.6. The predicted octanol–water partition coefficient (Wildman–Crippen LogP) is 1.56. The normalized spacial score (nSPS) is 15.2. The Kier molecular flexibility index (Phi) is 9.74. The van der Waals surface area contributed by atoms with Crippen molar-refractivity contribution < 1.29 is 14.6 Å². The van der Waals surface area contributed by atoms with Crippen molar-refractivity contribution in [3.63, 3.8) is 0 Å². The number of hydrogen-bond donors (Lipinski definition) is 2. The van der Waals surface area contributed by atoms with Crippen LogP contribution >= 0.6 is 0 Å². The molecule has 4 heteroatoms. The third-order valence-electron chi connectivity index (χ3n) is 2.47. The minimum Gasteiger partial charge on any atom is -0.394 e. The van der Waals surface area contributed by atoms with Gasteiger partial charge in [-0.1, -0.05) is 13.8 Å². The van der Waals surface area contributed by atoms with Crippen LogP contribution < -0.4 is 5.73 Å². The quantitative estimate of drug-likeness (QED) is 0.544. The van der Waals surface area contributed by atoms with E-state index in [2.05, 4.69) is 13.8 Å². The number of hydrogen-bond acceptors (Lipinski definition) is 4. The van der Waals surface area contributed by atoms with E-state index < -0.39 is 5.54 Å². The van der Waals surface area contributed by atoms with Crippen LogP contribution in [-0.2, 0) is 9.47 Å². The summed E-state index contributed by atoms with van der Waals surface area (Å²) in [5, 5.41) is 8.97. The number of rotatable bonds is 11. The van der Waals surface area contributed by atoms with Gasteiger partial charge in [0.1, 0.15) is 0 Å².